The molecule has 0 bridgehead atoms. The van der Waals surface area contributed by atoms with E-state index in [0.717, 1.165) is 5.69 Å². The number of nitrogens with zero attached hydrogens (tertiary/aromatic N) is 3. The van der Waals surface area contributed by atoms with E-state index in [0.29, 0.717) is 10.9 Å². The van der Waals surface area contributed by atoms with Crippen LogP contribution in [0.1, 0.15) is 10.4 Å². The Morgan fingerprint density at radius 1 is 1.25 bits per heavy atom. The van der Waals surface area contributed by atoms with E-state index in [4.69, 9.17) is 4.74 Å². The average Bonchev–Trinajstić information content (AvgIpc) is 3.09. The molecule has 0 amide bonds. The van der Waals surface area contributed by atoms with Gasteiger partial charge in [-0.15, -0.1) is 5.10 Å². The molecule has 3 rings (SSSR count). The Labute approximate surface area is 142 Å². The van der Waals surface area contributed by atoms with Crippen LogP contribution in [0.4, 0.5) is 4.39 Å². The summed E-state index contributed by atoms with van der Waals surface area (Å²) in [5, 5.41) is 4.79. The first-order chi connectivity index (χ1) is 11.7. The summed E-state index contributed by atoms with van der Waals surface area (Å²) >= 11 is 1.19. The summed E-state index contributed by atoms with van der Waals surface area (Å²) in [5.74, 6) is -0.272. The van der Waals surface area contributed by atoms with Crippen molar-refractivity contribution in [2.75, 3.05) is 12.9 Å². The number of hydrogen-bond acceptors (Lipinski definition) is 5. The molecule has 0 spiro atoms. The lowest BCUT2D eigenvalue weighted by Crippen LogP contribution is -2.06. The van der Waals surface area contributed by atoms with Crippen LogP contribution in [0.3, 0.4) is 0 Å². The number of halogens is 1. The second-order valence-electron chi connectivity index (χ2n) is 4.86. The molecule has 7 heteroatoms. The standard InChI is InChI=1S/C17H14FN3O2S/c1-23-16-8-7-12(18)9-14(16)15(22)10-24-17-19-11-21(20-17)13-5-3-2-4-6-13/h2-9,11H,10H2,1H3. The molecule has 0 atom stereocenters. The highest BCUT2D eigenvalue weighted by molar-refractivity contribution is 7.99. The van der Waals surface area contributed by atoms with Crippen molar-refractivity contribution in [3.8, 4) is 11.4 Å². The summed E-state index contributed by atoms with van der Waals surface area (Å²) in [6, 6.07) is 13.4. The minimum absolute atomic E-state index is 0.0958. The molecule has 0 aliphatic heterocycles. The number of aromatic nitrogens is 3. The van der Waals surface area contributed by atoms with Crippen LogP contribution in [0.25, 0.3) is 5.69 Å². The minimum atomic E-state index is -0.476. The quantitative estimate of drug-likeness (QED) is 0.507. The zero-order valence-corrected chi connectivity index (χ0v) is 13.7. The van der Waals surface area contributed by atoms with Crippen molar-refractivity contribution in [3.05, 3.63) is 66.2 Å². The molecular formula is C17H14FN3O2S. The maximum atomic E-state index is 13.4. The monoisotopic (exact) mass is 343 g/mol. The predicted octanol–water partition coefficient (Wildman–Crippen LogP) is 3.39. The highest BCUT2D eigenvalue weighted by atomic mass is 32.2. The lowest BCUT2D eigenvalue weighted by molar-refractivity contribution is 0.101. The molecule has 24 heavy (non-hydrogen) atoms. The lowest BCUT2D eigenvalue weighted by atomic mass is 10.1. The zero-order chi connectivity index (χ0) is 16.9. The molecule has 5 nitrogen and oxygen atoms in total. The molecule has 0 saturated heterocycles. The van der Waals surface area contributed by atoms with E-state index < -0.39 is 5.82 Å². The second kappa shape index (κ2) is 7.27. The van der Waals surface area contributed by atoms with Gasteiger partial charge in [0.05, 0.1) is 24.1 Å². The van der Waals surface area contributed by atoms with Crippen molar-refractivity contribution in [3.63, 3.8) is 0 Å². The molecule has 122 valence electrons. The normalized spacial score (nSPS) is 10.6. The Morgan fingerprint density at radius 3 is 2.79 bits per heavy atom. The molecular weight excluding hydrogens is 329 g/mol. The summed E-state index contributed by atoms with van der Waals surface area (Å²) in [4.78, 5) is 16.5. The van der Waals surface area contributed by atoms with Gasteiger partial charge in [0.2, 0.25) is 5.16 Å². The number of benzene rings is 2. The van der Waals surface area contributed by atoms with Gasteiger partial charge in [-0.2, -0.15) is 0 Å². The topological polar surface area (TPSA) is 57.0 Å². The van der Waals surface area contributed by atoms with Crippen molar-refractivity contribution in [2.45, 2.75) is 5.16 Å². The first-order valence-electron chi connectivity index (χ1n) is 7.14. The molecule has 0 unspecified atom stereocenters. The van der Waals surface area contributed by atoms with Crippen molar-refractivity contribution in [1.29, 1.82) is 0 Å². The first kappa shape index (κ1) is 16.2. The number of ether oxygens (including phenoxy) is 1. The smallest absolute Gasteiger partial charge is 0.209 e. The fourth-order valence-corrected chi connectivity index (χ4v) is 2.81. The molecule has 0 aliphatic carbocycles. The third-order valence-corrected chi connectivity index (χ3v) is 4.14. The number of thioether (sulfide) groups is 1. The largest absolute Gasteiger partial charge is 0.496 e. The maximum absolute atomic E-state index is 13.4. The van der Waals surface area contributed by atoms with Gasteiger partial charge in [0.15, 0.2) is 5.78 Å². The van der Waals surface area contributed by atoms with Crippen molar-refractivity contribution >= 4 is 17.5 Å². The average molecular weight is 343 g/mol. The van der Waals surface area contributed by atoms with E-state index >= 15 is 0 Å². The van der Waals surface area contributed by atoms with Crippen LogP contribution in [-0.2, 0) is 0 Å². The highest BCUT2D eigenvalue weighted by Gasteiger charge is 2.15. The molecule has 0 radical (unpaired) electrons. The minimum Gasteiger partial charge on any atom is -0.496 e. The summed E-state index contributed by atoms with van der Waals surface area (Å²) in [7, 11) is 1.44. The maximum Gasteiger partial charge on any atom is 0.209 e. The van der Waals surface area contributed by atoms with Crippen molar-refractivity contribution in [2.24, 2.45) is 0 Å². The number of para-hydroxylation sites is 1. The van der Waals surface area contributed by atoms with Gasteiger partial charge in [-0.05, 0) is 30.3 Å². The van der Waals surface area contributed by atoms with Crippen LogP contribution in [0.2, 0.25) is 0 Å². The molecule has 0 saturated carbocycles. The van der Waals surface area contributed by atoms with E-state index in [9.17, 15) is 9.18 Å². The first-order valence-corrected chi connectivity index (χ1v) is 8.12. The van der Waals surface area contributed by atoms with Gasteiger partial charge >= 0.3 is 0 Å². The molecule has 0 aliphatic rings. The summed E-state index contributed by atoms with van der Waals surface area (Å²) < 4.78 is 20.1. The van der Waals surface area contributed by atoms with Crippen LogP contribution >= 0.6 is 11.8 Å². The number of methoxy groups -OCH3 is 1. The SMILES string of the molecule is COc1ccc(F)cc1C(=O)CSc1ncn(-c2ccccc2)n1. The summed E-state index contributed by atoms with van der Waals surface area (Å²) in [5.41, 5.74) is 1.10. The summed E-state index contributed by atoms with van der Waals surface area (Å²) in [6.07, 6.45) is 1.59. The number of hydrogen-bond donors (Lipinski definition) is 0. The number of carbonyl (C=O) groups excluding carboxylic acids is 1. The van der Waals surface area contributed by atoms with E-state index in [-0.39, 0.29) is 17.1 Å². The predicted molar refractivity (Wildman–Crippen MR) is 89.4 cm³/mol. The Bertz CT molecular complexity index is 852. The number of Topliss-reactive ketones (excluding diaryl/α,β-unsaturated/α-hetero) is 1. The van der Waals surface area contributed by atoms with Gasteiger partial charge in [0.25, 0.3) is 0 Å². The van der Waals surface area contributed by atoms with E-state index in [1.54, 1.807) is 11.0 Å². The third-order valence-electron chi connectivity index (χ3n) is 3.29. The molecule has 1 aromatic heterocycles. The van der Waals surface area contributed by atoms with Crippen LogP contribution in [0.5, 0.6) is 5.75 Å². The van der Waals surface area contributed by atoms with Crippen LogP contribution in [0, 0.1) is 5.82 Å². The number of ketones is 1. The lowest BCUT2D eigenvalue weighted by Gasteiger charge is -2.06. The Balaban J connectivity index is 1.69. The Morgan fingerprint density at radius 2 is 2.04 bits per heavy atom. The van der Waals surface area contributed by atoms with Gasteiger partial charge in [-0.1, -0.05) is 30.0 Å². The van der Waals surface area contributed by atoms with E-state index in [1.165, 1.54) is 37.1 Å². The van der Waals surface area contributed by atoms with Gasteiger partial charge in [-0.25, -0.2) is 14.1 Å². The van der Waals surface area contributed by atoms with Crippen LogP contribution in [0.15, 0.2) is 60.0 Å². The molecule has 0 fully saturated rings. The van der Waals surface area contributed by atoms with Crippen molar-refractivity contribution in [1.82, 2.24) is 14.8 Å². The van der Waals surface area contributed by atoms with Gasteiger partial charge in [0.1, 0.15) is 17.9 Å². The second-order valence-corrected chi connectivity index (χ2v) is 5.81. The van der Waals surface area contributed by atoms with Gasteiger partial charge in [-0.3, -0.25) is 4.79 Å². The summed E-state index contributed by atoms with van der Waals surface area (Å²) in [6.45, 7) is 0. The molecule has 0 N–H and O–H groups in total. The molecule has 2 aromatic carbocycles. The van der Waals surface area contributed by atoms with E-state index in [2.05, 4.69) is 10.1 Å². The van der Waals surface area contributed by atoms with Gasteiger partial charge in [0, 0.05) is 0 Å². The molecule has 1 heterocycles. The Kier molecular flexibility index (Phi) is 4.90. The fraction of sp³-hybridized carbons (Fsp3) is 0.118. The van der Waals surface area contributed by atoms with Crippen molar-refractivity contribution < 1.29 is 13.9 Å². The Hall–Kier alpha value is -2.67. The van der Waals surface area contributed by atoms with E-state index in [1.807, 2.05) is 30.3 Å². The number of rotatable bonds is 6. The number of carbonyl (C=O) groups is 1. The molecule has 3 aromatic rings. The van der Waals surface area contributed by atoms with Crippen LogP contribution < -0.4 is 4.74 Å². The third kappa shape index (κ3) is 3.62. The van der Waals surface area contributed by atoms with Gasteiger partial charge < -0.3 is 4.74 Å². The fourth-order valence-electron chi connectivity index (χ4n) is 2.13. The highest BCUT2D eigenvalue weighted by Crippen LogP contribution is 2.23. The zero-order valence-electron chi connectivity index (χ0n) is 12.8. The van der Waals surface area contributed by atoms with Crippen LogP contribution in [-0.4, -0.2) is 33.4 Å².